The predicted molar refractivity (Wildman–Crippen MR) is 125 cm³/mol. The van der Waals surface area contributed by atoms with E-state index in [-0.39, 0.29) is 17.3 Å². The number of rotatable bonds is 9. The van der Waals surface area contributed by atoms with Crippen molar-refractivity contribution in [2.45, 2.75) is 37.8 Å². The van der Waals surface area contributed by atoms with Gasteiger partial charge in [-0.25, -0.2) is 0 Å². The minimum Gasteiger partial charge on any atom is -0.497 e. The van der Waals surface area contributed by atoms with Gasteiger partial charge >= 0.3 is 6.18 Å². The number of amides is 2. The summed E-state index contributed by atoms with van der Waals surface area (Å²) in [5.41, 5.74) is -0.331. The van der Waals surface area contributed by atoms with Gasteiger partial charge in [-0.3, -0.25) is 9.59 Å². The van der Waals surface area contributed by atoms with Gasteiger partial charge in [0.15, 0.2) is 11.0 Å². The van der Waals surface area contributed by atoms with Crippen LogP contribution in [-0.4, -0.2) is 39.4 Å². The molecule has 35 heavy (non-hydrogen) atoms. The van der Waals surface area contributed by atoms with E-state index in [1.807, 2.05) is 6.92 Å². The van der Waals surface area contributed by atoms with Crippen molar-refractivity contribution in [2.24, 2.45) is 0 Å². The van der Waals surface area contributed by atoms with E-state index in [0.717, 1.165) is 23.9 Å². The molecule has 0 saturated carbocycles. The molecule has 0 saturated heterocycles. The number of methoxy groups -OCH3 is 1. The molecule has 3 rings (SSSR count). The Morgan fingerprint density at radius 2 is 1.86 bits per heavy atom. The highest BCUT2D eigenvalue weighted by atomic mass is 32.2. The maximum absolute atomic E-state index is 12.9. The molecule has 0 aliphatic heterocycles. The van der Waals surface area contributed by atoms with Crippen molar-refractivity contribution in [1.29, 1.82) is 0 Å². The lowest BCUT2D eigenvalue weighted by atomic mass is 10.2. The molecule has 0 aliphatic rings. The van der Waals surface area contributed by atoms with Crippen LogP contribution in [0, 0.1) is 0 Å². The molecular formula is C23H24F3N5O3S. The third-order valence-electron chi connectivity index (χ3n) is 4.95. The molecule has 2 amide bonds. The third-order valence-corrected chi connectivity index (χ3v) is 5.92. The monoisotopic (exact) mass is 507 g/mol. The Morgan fingerprint density at radius 1 is 1.14 bits per heavy atom. The Morgan fingerprint density at radius 3 is 2.49 bits per heavy atom. The summed E-state index contributed by atoms with van der Waals surface area (Å²) >= 11 is 1.09. The second-order valence-corrected chi connectivity index (χ2v) is 8.37. The van der Waals surface area contributed by atoms with Gasteiger partial charge in [-0.1, -0.05) is 17.8 Å². The first-order valence-corrected chi connectivity index (χ1v) is 11.6. The minimum absolute atomic E-state index is 0.0536. The van der Waals surface area contributed by atoms with Crippen molar-refractivity contribution in [3.8, 4) is 5.75 Å². The van der Waals surface area contributed by atoms with Crippen LogP contribution < -0.4 is 15.4 Å². The number of nitrogens with one attached hydrogen (secondary N) is 2. The number of anilines is 1. The van der Waals surface area contributed by atoms with Gasteiger partial charge < -0.3 is 19.9 Å². The van der Waals surface area contributed by atoms with Gasteiger partial charge in [0.05, 0.1) is 24.5 Å². The summed E-state index contributed by atoms with van der Waals surface area (Å²) in [4.78, 5) is 24.9. The Labute approximate surface area is 204 Å². The first-order chi connectivity index (χ1) is 16.6. The number of carbonyl (C=O) groups excluding carboxylic acids is 2. The Hall–Kier alpha value is -3.54. The van der Waals surface area contributed by atoms with Gasteiger partial charge in [0.2, 0.25) is 5.91 Å². The van der Waals surface area contributed by atoms with Crippen molar-refractivity contribution in [2.75, 3.05) is 18.2 Å². The van der Waals surface area contributed by atoms with Gasteiger partial charge in [0, 0.05) is 17.8 Å². The molecule has 1 unspecified atom stereocenters. The first-order valence-electron chi connectivity index (χ1n) is 10.6. The van der Waals surface area contributed by atoms with Gasteiger partial charge in [0.1, 0.15) is 5.75 Å². The Bertz CT molecular complexity index is 1180. The van der Waals surface area contributed by atoms with Crippen LogP contribution in [0.2, 0.25) is 0 Å². The molecule has 0 aliphatic carbocycles. The van der Waals surface area contributed by atoms with Gasteiger partial charge in [-0.15, -0.1) is 10.2 Å². The van der Waals surface area contributed by atoms with E-state index in [1.165, 1.54) is 12.1 Å². The Kier molecular flexibility index (Phi) is 8.39. The highest BCUT2D eigenvalue weighted by Gasteiger charge is 2.30. The van der Waals surface area contributed by atoms with E-state index >= 15 is 0 Å². The average molecular weight is 508 g/mol. The second-order valence-electron chi connectivity index (χ2n) is 7.42. The van der Waals surface area contributed by atoms with Crippen LogP contribution in [0.1, 0.15) is 41.6 Å². The molecule has 1 heterocycles. The molecule has 8 nitrogen and oxygen atoms in total. The summed E-state index contributed by atoms with van der Waals surface area (Å²) < 4.78 is 45.5. The van der Waals surface area contributed by atoms with Crippen LogP contribution in [0.5, 0.6) is 5.75 Å². The number of ether oxygens (including phenoxy) is 1. The van der Waals surface area contributed by atoms with Crippen LogP contribution in [0.15, 0.2) is 53.7 Å². The minimum atomic E-state index is -4.50. The number of hydrogen-bond donors (Lipinski definition) is 2. The van der Waals surface area contributed by atoms with E-state index in [4.69, 9.17) is 4.74 Å². The van der Waals surface area contributed by atoms with Crippen molar-refractivity contribution in [3.63, 3.8) is 0 Å². The van der Waals surface area contributed by atoms with Gasteiger partial charge in [-0.2, -0.15) is 13.2 Å². The quantitative estimate of drug-likeness (QED) is 0.413. The van der Waals surface area contributed by atoms with Crippen molar-refractivity contribution >= 4 is 29.3 Å². The Balaban J connectivity index is 1.61. The number of benzene rings is 2. The molecule has 0 bridgehead atoms. The topological polar surface area (TPSA) is 98.1 Å². The number of aromatic nitrogens is 3. The molecule has 186 valence electrons. The smallest absolute Gasteiger partial charge is 0.416 e. The number of carbonyl (C=O) groups is 2. The molecule has 1 aromatic heterocycles. The maximum atomic E-state index is 12.9. The number of hydrogen-bond acceptors (Lipinski definition) is 6. The van der Waals surface area contributed by atoms with Crippen LogP contribution in [-0.2, 0) is 17.5 Å². The summed E-state index contributed by atoms with van der Waals surface area (Å²) in [5.74, 6) is 0.290. The highest BCUT2D eigenvalue weighted by Crippen LogP contribution is 2.30. The largest absolute Gasteiger partial charge is 0.497 e. The molecule has 12 heteroatoms. The summed E-state index contributed by atoms with van der Waals surface area (Å²) in [6, 6.07) is 10.6. The van der Waals surface area contributed by atoms with Crippen molar-refractivity contribution in [1.82, 2.24) is 20.1 Å². The van der Waals surface area contributed by atoms with Crippen molar-refractivity contribution < 1.29 is 27.5 Å². The second kappa shape index (κ2) is 11.3. The molecule has 2 N–H and O–H groups in total. The third kappa shape index (κ3) is 6.75. The standard InChI is InChI=1S/C23H24F3N5O3S/c1-4-31-20(14(2)27-21(33)15-8-10-18(34-3)11-9-15)29-30-22(31)35-13-19(32)28-17-7-5-6-16(12-17)23(24,25)26/h5-12,14H,4,13H2,1-3H3,(H,27,33)(H,28,32). The van der Waals surface area contributed by atoms with Crippen molar-refractivity contribution in [3.05, 3.63) is 65.5 Å². The maximum Gasteiger partial charge on any atom is 0.416 e. The molecule has 0 radical (unpaired) electrons. The fourth-order valence-electron chi connectivity index (χ4n) is 3.21. The van der Waals surface area contributed by atoms with E-state index in [9.17, 15) is 22.8 Å². The summed E-state index contributed by atoms with van der Waals surface area (Å²) in [6.07, 6.45) is -4.50. The number of thioether (sulfide) groups is 1. The van der Waals surface area contributed by atoms with Crippen LogP contribution in [0.4, 0.5) is 18.9 Å². The SMILES string of the molecule is CCn1c(SCC(=O)Nc2cccc(C(F)(F)F)c2)nnc1C(C)NC(=O)c1ccc(OC)cc1. The van der Waals surface area contributed by atoms with E-state index in [0.29, 0.717) is 28.8 Å². The summed E-state index contributed by atoms with van der Waals surface area (Å²) in [5, 5.41) is 14.1. The number of alkyl halides is 3. The van der Waals surface area contributed by atoms with Gasteiger partial charge in [0.25, 0.3) is 5.91 Å². The summed E-state index contributed by atoms with van der Waals surface area (Å²) in [7, 11) is 1.54. The number of halogens is 3. The molecule has 1 atom stereocenters. The van der Waals surface area contributed by atoms with Crippen LogP contribution in [0.3, 0.4) is 0 Å². The number of nitrogens with zero attached hydrogens (tertiary/aromatic N) is 3. The molecule has 0 fully saturated rings. The van der Waals surface area contributed by atoms with Crippen LogP contribution >= 0.6 is 11.8 Å². The van der Waals surface area contributed by atoms with Crippen LogP contribution in [0.25, 0.3) is 0 Å². The highest BCUT2D eigenvalue weighted by molar-refractivity contribution is 7.99. The fraction of sp³-hybridized carbons (Fsp3) is 0.304. The van der Waals surface area contributed by atoms with E-state index in [1.54, 1.807) is 42.9 Å². The molecular weight excluding hydrogens is 483 g/mol. The lowest BCUT2D eigenvalue weighted by Crippen LogP contribution is -2.28. The van der Waals surface area contributed by atoms with E-state index in [2.05, 4.69) is 20.8 Å². The first kappa shape index (κ1) is 26.1. The zero-order valence-electron chi connectivity index (χ0n) is 19.2. The lowest BCUT2D eigenvalue weighted by Gasteiger charge is -2.15. The normalized spacial score (nSPS) is 12.2. The van der Waals surface area contributed by atoms with Gasteiger partial charge in [-0.05, 0) is 56.3 Å². The fourth-order valence-corrected chi connectivity index (χ4v) is 4.02. The zero-order chi connectivity index (χ0) is 25.6. The molecule has 3 aromatic rings. The summed E-state index contributed by atoms with van der Waals surface area (Å²) in [6.45, 7) is 4.13. The average Bonchev–Trinajstić information content (AvgIpc) is 3.25. The zero-order valence-corrected chi connectivity index (χ0v) is 20.0. The lowest BCUT2D eigenvalue weighted by molar-refractivity contribution is -0.137. The molecule has 0 spiro atoms. The van der Waals surface area contributed by atoms with E-state index < -0.39 is 23.7 Å². The predicted octanol–water partition coefficient (Wildman–Crippen LogP) is 4.55. The molecule has 2 aromatic carbocycles.